The first-order chi connectivity index (χ1) is 15.5. The molecule has 8 heteroatoms. The standard InChI is InChI=1S/C24H21BrN4O2S/c1-16-8-2-4-11-19(16)28-24-29(15-17-9-6-7-13-26-17)23(31)21(32-24)14-22(30)27-20-12-5-3-10-18(20)25/h2-13,21H,14-15H2,1H3,(H,27,30)/t21-/m1/s1. The number of nitrogens with one attached hydrogen (secondary N) is 1. The Kier molecular flexibility index (Phi) is 7.02. The Morgan fingerprint density at radius 1 is 1.12 bits per heavy atom. The highest BCUT2D eigenvalue weighted by Crippen LogP contribution is 2.34. The van der Waals surface area contributed by atoms with Crippen LogP contribution in [0.15, 0.2) is 82.4 Å². The molecule has 2 heterocycles. The van der Waals surface area contributed by atoms with E-state index in [2.05, 4.69) is 26.2 Å². The van der Waals surface area contributed by atoms with Gasteiger partial charge in [0, 0.05) is 17.1 Å². The number of para-hydroxylation sites is 2. The van der Waals surface area contributed by atoms with E-state index in [4.69, 9.17) is 4.99 Å². The number of hydrogen-bond donors (Lipinski definition) is 1. The van der Waals surface area contributed by atoms with Crippen molar-refractivity contribution >= 4 is 56.0 Å². The van der Waals surface area contributed by atoms with Gasteiger partial charge in [-0.2, -0.15) is 0 Å². The quantitative estimate of drug-likeness (QED) is 0.489. The summed E-state index contributed by atoms with van der Waals surface area (Å²) in [7, 11) is 0. The van der Waals surface area contributed by atoms with Crippen molar-refractivity contribution in [3.63, 3.8) is 0 Å². The summed E-state index contributed by atoms with van der Waals surface area (Å²) in [5.74, 6) is -0.368. The molecule has 6 nitrogen and oxygen atoms in total. The van der Waals surface area contributed by atoms with Crippen LogP contribution in [0.25, 0.3) is 0 Å². The summed E-state index contributed by atoms with van der Waals surface area (Å²) in [5.41, 5.74) is 3.25. The Hall–Kier alpha value is -2.97. The lowest BCUT2D eigenvalue weighted by atomic mass is 10.2. The first-order valence-electron chi connectivity index (χ1n) is 10.1. The maximum Gasteiger partial charge on any atom is 0.243 e. The van der Waals surface area contributed by atoms with Gasteiger partial charge in [0.2, 0.25) is 11.8 Å². The van der Waals surface area contributed by atoms with Crippen LogP contribution in [0.3, 0.4) is 0 Å². The number of amides is 2. The molecule has 4 rings (SSSR count). The highest BCUT2D eigenvalue weighted by atomic mass is 79.9. The van der Waals surface area contributed by atoms with E-state index in [1.165, 1.54) is 11.8 Å². The number of aryl methyl sites for hydroxylation is 1. The fourth-order valence-electron chi connectivity index (χ4n) is 3.25. The van der Waals surface area contributed by atoms with Crippen molar-refractivity contribution in [1.82, 2.24) is 9.88 Å². The number of halogens is 1. The van der Waals surface area contributed by atoms with Crippen LogP contribution in [-0.2, 0) is 16.1 Å². The Bertz CT molecular complexity index is 1170. The third kappa shape index (κ3) is 5.26. The van der Waals surface area contributed by atoms with Gasteiger partial charge in [-0.05, 0) is 58.7 Å². The van der Waals surface area contributed by atoms with Gasteiger partial charge < -0.3 is 5.32 Å². The number of hydrogen-bond acceptors (Lipinski definition) is 5. The lowest BCUT2D eigenvalue weighted by Crippen LogP contribution is -2.33. The zero-order valence-corrected chi connectivity index (χ0v) is 19.8. The lowest BCUT2D eigenvalue weighted by molar-refractivity contribution is -0.128. The monoisotopic (exact) mass is 508 g/mol. The van der Waals surface area contributed by atoms with Crippen LogP contribution in [0.2, 0.25) is 0 Å². The number of rotatable bonds is 6. The summed E-state index contributed by atoms with van der Waals surface area (Å²) in [4.78, 5) is 36.7. The number of thioether (sulfide) groups is 1. The van der Waals surface area contributed by atoms with Crippen molar-refractivity contribution in [2.24, 2.45) is 4.99 Å². The van der Waals surface area contributed by atoms with E-state index in [1.807, 2.05) is 73.7 Å². The minimum absolute atomic E-state index is 0.0519. The van der Waals surface area contributed by atoms with Gasteiger partial charge in [-0.15, -0.1) is 0 Å². The third-order valence-electron chi connectivity index (χ3n) is 4.92. The van der Waals surface area contributed by atoms with Crippen molar-refractivity contribution in [2.75, 3.05) is 5.32 Å². The molecule has 1 aliphatic heterocycles. The maximum atomic E-state index is 13.3. The minimum Gasteiger partial charge on any atom is -0.325 e. The van der Waals surface area contributed by atoms with Crippen LogP contribution < -0.4 is 5.32 Å². The number of carbonyl (C=O) groups excluding carboxylic acids is 2. The predicted molar refractivity (Wildman–Crippen MR) is 132 cm³/mol. The zero-order chi connectivity index (χ0) is 22.5. The molecule has 1 atom stereocenters. The van der Waals surface area contributed by atoms with E-state index >= 15 is 0 Å². The topological polar surface area (TPSA) is 74.7 Å². The van der Waals surface area contributed by atoms with Crippen molar-refractivity contribution in [2.45, 2.75) is 25.1 Å². The van der Waals surface area contributed by atoms with Gasteiger partial charge in [-0.25, -0.2) is 4.99 Å². The van der Waals surface area contributed by atoms with Gasteiger partial charge in [-0.3, -0.25) is 19.5 Å². The van der Waals surface area contributed by atoms with Gasteiger partial charge in [0.25, 0.3) is 0 Å². The Labute approximate surface area is 199 Å². The average Bonchev–Trinajstić information content (AvgIpc) is 3.06. The van der Waals surface area contributed by atoms with Crippen molar-refractivity contribution in [3.05, 3.63) is 88.7 Å². The van der Waals surface area contributed by atoms with Gasteiger partial charge >= 0.3 is 0 Å². The van der Waals surface area contributed by atoms with Crippen molar-refractivity contribution in [1.29, 1.82) is 0 Å². The van der Waals surface area contributed by atoms with Gasteiger partial charge in [-0.1, -0.05) is 48.2 Å². The van der Waals surface area contributed by atoms with Gasteiger partial charge in [0.1, 0.15) is 5.25 Å². The van der Waals surface area contributed by atoms with Crippen LogP contribution in [-0.4, -0.2) is 32.1 Å². The fourth-order valence-corrected chi connectivity index (χ4v) is 4.78. The number of pyridine rings is 1. The second-order valence-electron chi connectivity index (χ2n) is 7.26. The molecule has 0 unspecified atom stereocenters. The fraction of sp³-hybridized carbons (Fsp3) is 0.167. The number of anilines is 1. The first-order valence-corrected chi connectivity index (χ1v) is 11.7. The Morgan fingerprint density at radius 3 is 2.62 bits per heavy atom. The number of benzene rings is 2. The molecule has 32 heavy (non-hydrogen) atoms. The second-order valence-corrected chi connectivity index (χ2v) is 9.29. The molecule has 1 aromatic heterocycles. The Balaban J connectivity index is 1.56. The van der Waals surface area contributed by atoms with E-state index in [9.17, 15) is 9.59 Å². The summed E-state index contributed by atoms with van der Waals surface area (Å²) in [6.07, 6.45) is 1.75. The molecule has 1 fully saturated rings. The molecule has 0 saturated carbocycles. The predicted octanol–water partition coefficient (Wildman–Crippen LogP) is 5.31. The first kappa shape index (κ1) is 22.2. The van der Waals surface area contributed by atoms with Crippen LogP contribution >= 0.6 is 27.7 Å². The van der Waals surface area contributed by atoms with Crippen molar-refractivity contribution in [3.8, 4) is 0 Å². The van der Waals surface area contributed by atoms with E-state index in [1.54, 1.807) is 11.1 Å². The number of nitrogens with zero attached hydrogens (tertiary/aromatic N) is 3. The molecular weight excluding hydrogens is 488 g/mol. The summed E-state index contributed by atoms with van der Waals surface area (Å²) in [5, 5.41) is 2.90. The third-order valence-corrected chi connectivity index (χ3v) is 6.78. The van der Waals surface area contributed by atoms with E-state index in [0.29, 0.717) is 17.4 Å². The minimum atomic E-state index is -0.552. The molecule has 0 bridgehead atoms. The molecule has 2 amide bonds. The van der Waals surface area contributed by atoms with Crippen LogP contribution in [0.4, 0.5) is 11.4 Å². The molecule has 1 N–H and O–H groups in total. The SMILES string of the molecule is Cc1ccccc1N=C1S[C@H](CC(=O)Nc2ccccc2Br)C(=O)N1Cc1ccccn1. The normalized spacial score (nSPS) is 17.1. The molecule has 1 aliphatic rings. The lowest BCUT2D eigenvalue weighted by Gasteiger charge is -2.16. The Morgan fingerprint density at radius 2 is 1.88 bits per heavy atom. The van der Waals surface area contributed by atoms with Crippen LogP contribution in [0.1, 0.15) is 17.7 Å². The average molecular weight is 509 g/mol. The molecule has 0 radical (unpaired) electrons. The summed E-state index contributed by atoms with van der Waals surface area (Å²) in [6, 6.07) is 20.7. The highest BCUT2D eigenvalue weighted by molar-refractivity contribution is 9.10. The molecule has 2 aromatic carbocycles. The van der Waals surface area contributed by atoms with Gasteiger partial charge in [0.05, 0.1) is 23.6 Å². The zero-order valence-electron chi connectivity index (χ0n) is 17.4. The molecule has 0 aliphatic carbocycles. The van der Waals surface area contributed by atoms with Crippen LogP contribution in [0, 0.1) is 6.92 Å². The number of aromatic nitrogens is 1. The van der Waals surface area contributed by atoms with E-state index < -0.39 is 5.25 Å². The molecule has 162 valence electrons. The second kappa shape index (κ2) is 10.1. The number of amidine groups is 1. The number of aliphatic imine (C=N–C) groups is 1. The van der Waals surface area contributed by atoms with Crippen LogP contribution in [0.5, 0.6) is 0 Å². The van der Waals surface area contributed by atoms with E-state index in [0.717, 1.165) is 21.4 Å². The summed E-state index contributed by atoms with van der Waals surface area (Å²) in [6.45, 7) is 2.28. The molecule has 3 aromatic rings. The summed E-state index contributed by atoms with van der Waals surface area (Å²) >= 11 is 4.75. The highest BCUT2D eigenvalue weighted by Gasteiger charge is 2.39. The molecule has 0 spiro atoms. The molecular formula is C24H21BrN4O2S. The maximum absolute atomic E-state index is 13.3. The largest absolute Gasteiger partial charge is 0.325 e. The summed E-state index contributed by atoms with van der Waals surface area (Å²) < 4.78 is 0.789. The smallest absolute Gasteiger partial charge is 0.243 e. The molecule has 1 saturated heterocycles. The van der Waals surface area contributed by atoms with Crippen molar-refractivity contribution < 1.29 is 9.59 Å². The van der Waals surface area contributed by atoms with Gasteiger partial charge in [0.15, 0.2) is 5.17 Å². The number of carbonyl (C=O) groups is 2. The van der Waals surface area contributed by atoms with E-state index in [-0.39, 0.29) is 18.2 Å².